The summed E-state index contributed by atoms with van der Waals surface area (Å²) in [7, 11) is 0. The van der Waals surface area contributed by atoms with Gasteiger partial charge in [-0.25, -0.2) is 4.79 Å². The topological polar surface area (TPSA) is 54.0 Å². The molecule has 0 saturated heterocycles. The van der Waals surface area contributed by atoms with Crippen LogP contribution in [0.3, 0.4) is 0 Å². The van der Waals surface area contributed by atoms with E-state index in [0.717, 1.165) is 5.69 Å². The maximum atomic E-state index is 12.2. The summed E-state index contributed by atoms with van der Waals surface area (Å²) in [5.74, 6) is 0. The van der Waals surface area contributed by atoms with E-state index in [0.29, 0.717) is 32.3 Å². The number of hydrogen-bond donors (Lipinski definition) is 2. The number of amides is 2. The second kappa shape index (κ2) is 6.44. The van der Waals surface area contributed by atoms with Crippen LogP contribution in [0.25, 0.3) is 10.9 Å². The van der Waals surface area contributed by atoms with Crippen molar-refractivity contribution in [2.75, 3.05) is 10.6 Å². The number of fused-ring (bicyclic) bond motifs is 1. The summed E-state index contributed by atoms with van der Waals surface area (Å²) in [6.07, 6.45) is 0. The normalized spacial score (nSPS) is 10.6. The molecule has 4 nitrogen and oxygen atoms in total. The maximum absolute atomic E-state index is 12.2. The van der Waals surface area contributed by atoms with Gasteiger partial charge in [0.1, 0.15) is 0 Å². The number of aromatic nitrogens is 1. The number of para-hydroxylation sites is 1. The zero-order valence-corrected chi connectivity index (χ0v) is 13.7. The number of nitrogens with one attached hydrogen (secondary N) is 2. The summed E-state index contributed by atoms with van der Waals surface area (Å²) in [5.41, 5.74) is 2.68. The lowest BCUT2D eigenvalue weighted by molar-refractivity contribution is 0.262. The zero-order valence-electron chi connectivity index (χ0n) is 12.2. The Bertz CT molecular complexity index is 877. The number of rotatable bonds is 2. The molecule has 1 aromatic heterocycles. The number of benzene rings is 2. The van der Waals surface area contributed by atoms with Crippen LogP contribution in [0.5, 0.6) is 0 Å². The Morgan fingerprint density at radius 3 is 2.52 bits per heavy atom. The molecule has 2 N–H and O–H groups in total. The first-order valence-corrected chi connectivity index (χ1v) is 7.68. The summed E-state index contributed by atoms with van der Waals surface area (Å²) in [6.45, 7) is 1.84. The molecule has 2 aromatic carbocycles. The molecule has 0 saturated carbocycles. The minimum atomic E-state index is -0.353. The fraction of sp³-hybridized carbons (Fsp3) is 0.0588. The van der Waals surface area contributed by atoms with Crippen LogP contribution in [0.15, 0.2) is 48.5 Å². The minimum Gasteiger partial charge on any atom is -0.308 e. The van der Waals surface area contributed by atoms with Crippen LogP contribution in [-0.4, -0.2) is 11.0 Å². The van der Waals surface area contributed by atoms with Crippen LogP contribution >= 0.6 is 23.2 Å². The van der Waals surface area contributed by atoms with Gasteiger partial charge >= 0.3 is 6.03 Å². The molecule has 0 unspecified atom stereocenters. The van der Waals surface area contributed by atoms with Gasteiger partial charge in [0.05, 0.1) is 16.2 Å². The Hall–Kier alpha value is -2.30. The minimum absolute atomic E-state index is 0.353. The summed E-state index contributed by atoms with van der Waals surface area (Å²) in [4.78, 5) is 16.6. The van der Waals surface area contributed by atoms with Crippen LogP contribution in [0.2, 0.25) is 10.0 Å². The second-order valence-electron chi connectivity index (χ2n) is 5.04. The average molecular weight is 346 g/mol. The molecule has 0 spiro atoms. The van der Waals surface area contributed by atoms with Gasteiger partial charge in [-0.15, -0.1) is 0 Å². The van der Waals surface area contributed by atoms with Gasteiger partial charge in [-0.2, -0.15) is 0 Å². The molecular weight excluding hydrogens is 333 g/mol. The highest BCUT2D eigenvalue weighted by molar-refractivity contribution is 6.39. The second-order valence-corrected chi connectivity index (χ2v) is 5.88. The molecular formula is C17H13Cl2N3O. The number of carbonyl (C=O) groups excluding carboxylic acids is 1. The molecule has 0 aliphatic carbocycles. The van der Waals surface area contributed by atoms with Crippen molar-refractivity contribution in [1.29, 1.82) is 0 Å². The third-order valence-corrected chi connectivity index (χ3v) is 3.75. The van der Waals surface area contributed by atoms with Gasteiger partial charge in [-0.1, -0.05) is 41.4 Å². The molecule has 0 fully saturated rings. The highest BCUT2D eigenvalue weighted by Gasteiger charge is 2.12. The van der Waals surface area contributed by atoms with Crippen molar-refractivity contribution in [3.63, 3.8) is 0 Å². The lowest BCUT2D eigenvalue weighted by Gasteiger charge is -2.12. The van der Waals surface area contributed by atoms with Crippen LogP contribution in [-0.2, 0) is 0 Å². The molecule has 3 aromatic rings. The van der Waals surface area contributed by atoms with Crippen molar-refractivity contribution in [3.8, 4) is 0 Å². The van der Waals surface area contributed by atoms with Crippen molar-refractivity contribution in [1.82, 2.24) is 4.98 Å². The van der Waals surface area contributed by atoms with Crippen molar-refractivity contribution in [3.05, 3.63) is 64.3 Å². The molecule has 0 bridgehead atoms. The van der Waals surface area contributed by atoms with Gasteiger partial charge in [0.2, 0.25) is 0 Å². The summed E-state index contributed by atoms with van der Waals surface area (Å²) in [5, 5.41) is 7.18. The molecule has 23 heavy (non-hydrogen) atoms. The molecule has 0 atom stereocenters. The van der Waals surface area contributed by atoms with E-state index < -0.39 is 0 Å². The maximum Gasteiger partial charge on any atom is 0.323 e. The Morgan fingerprint density at radius 1 is 1.04 bits per heavy atom. The van der Waals surface area contributed by atoms with E-state index in [1.165, 1.54) is 0 Å². The van der Waals surface area contributed by atoms with Gasteiger partial charge < -0.3 is 10.6 Å². The largest absolute Gasteiger partial charge is 0.323 e. The van der Waals surface area contributed by atoms with Crippen molar-refractivity contribution in [2.24, 2.45) is 0 Å². The smallest absolute Gasteiger partial charge is 0.308 e. The van der Waals surface area contributed by atoms with Gasteiger partial charge in [0.15, 0.2) is 0 Å². The number of halogens is 2. The van der Waals surface area contributed by atoms with Crippen molar-refractivity contribution < 1.29 is 4.79 Å². The first kappa shape index (κ1) is 15.6. The molecule has 3 rings (SSSR count). The number of pyridine rings is 1. The standard InChI is InChI=1S/C17H13Cl2N3O/c1-10-7-14(16-13(19)8-11(18)9-15(16)20-10)22-17(23)21-12-5-3-2-4-6-12/h2-9H,1H3,(H2,20,21,22,23). The summed E-state index contributed by atoms with van der Waals surface area (Å²) < 4.78 is 0. The van der Waals surface area contributed by atoms with Gasteiger partial charge in [-0.05, 0) is 37.3 Å². The SMILES string of the molecule is Cc1cc(NC(=O)Nc2ccccc2)c2c(Cl)cc(Cl)cc2n1. The first-order chi connectivity index (χ1) is 11.0. The number of nitrogens with zero attached hydrogens (tertiary/aromatic N) is 1. The van der Waals surface area contributed by atoms with E-state index in [9.17, 15) is 4.79 Å². The molecule has 6 heteroatoms. The fourth-order valence-electron chi connectivity index (χ4n) is 2.32. The number of anilines is 2. The summed E-state index contributed by atoms with van der Waals surface area (Å²) in [6, 6.07) is 14.0. The lowest BCUT2D eigenvalue weighted by Crippen LogP contribution is -2.19. The Morgan fingerprint density at radius 2 is 1.78 bits per heavy atom. The van der Waals surface area contributed by atoms with Crippen LogP contribution in [0.4, 0.5) is 16.2 Å². The van der Waals surface area contributed by atoms with E-state index in [1.54, 1.807) is 18.2 Å². The average Bonchev–Trinajstić information content (AvgIpc) is 2.46. The van der Waals surface area contributed by atoms with Crippen molar-refractivity contribution in [2.45, 2.75) is 6.92 Å². The Kier molecular flexibility index (Phi) is 4.37. The molecule has 1 heterocycles. The van der Waals surface area contributed by atoms with E-state index >= 15 is 0 Å². The van der Waals surface area contributed by atoms with Gasteiger partial charge in [0.25, 0.3) is 0 Å². The fourth-order valence-corrected chi connectivity index (χ4v) is 2.91. The van der Waals surface area contributed by atoms with Gasteiger partial charge in [-0.3, -0.25) is 4.98 Å². The number of urea groups is 1. The van der Waals surface area contributed by atoms with E-state index in [1.807, 2.05) is 37.3 Å². The third-order valence-electron chi connectivity index (χ3n) is 3.23. The van der Waals surface area contributed by atoms with E-state index in [-0.39, 0.29) is 6.03 Å². The molecule has 0 radical (unpaired) electrons. The van der Waals surface area contributed by atoms with E-state index in [2.05, 4.69) is 15.6 Å². The Labute approximate surface area is 143 Å². The number of aryl methyl sites for hydroxylation is 1. The molecule has 0 aliphatic rings. The highest BCUT2D eigenvalue weighted by Crippen LogP contribution is 2.33. The predicted molar refractivity (Wildman–Crippen MR) is 95.6 cm³/mol. The monoisotopic (exact) mass is 345 g/mol. The third kappa shape index (κ3) is 3.55. The number of hydrogen-bond acceptors (Lipinski definition) is 2. The quantitative estimate of drug-likeness (QED) is 0.644. The van der Waals surface area contributed by atoms with Gasteiger partial charge in [0, 0.05) is 21.8 Å². The van der Waals surface area contributed by atoms with Crippen LogP contribution < -0.4 is 10.6 Å². The molecule has 116 valence electrons. The molecule has 2 amide bonds. The highest BCUT2D eigenvalue weighted by atomic mass is 35.5. The molecule has 0 aliphatic heterocycles. The first-order valence-electron chi connectivity index (χ1n) is 6.92. The lowest BCUT2D eigenvalue weighted by atomic mass is 10.1. The van der Waals surface area contributed by atoms with Crippen LogP contribution in [0, 0.1) is 6.92 Å². The van der Waals surface area contributed by atoms with Crippen LogP contribution in [0.1, 0.15) is 5.69 Å². The summed E-state index contributed by atoms with van der Waals surface area (Å²) >= 11 is 12.3. The van der Waals surface area contributed by atoms with E-state index in [4.69, 9.17) is 23.2 Å². The van der Waals surface area contributed by atoms with Crippen molar-refractivity contribution >= 4 is 51.5 Å². The number of carbonyl (C=O) groups is 1. The predicted octanol–water partition coefficient (Wildman–Crippen LogP) is 5.49. The Balaban J connectivity index is 1.95. The zero-order chi connectivity index (χ0) is 16.4.